The Morgan fingerprint density at radius 1 is 1.23 bits per heavy atom. The Morgan fingerprint density at radius 3 is 2.23 bits per heavy atom. The molecule has 1 aliphatic rings. The van der Waals surface area contributed by atoms with E-state index in [2.05, 4.69) is 47.8 Å². The second kappa shape index (κ2) is 4.33. The number of rotatable bonds is 1. The maximum atomic E-state index is 11.8. The van der Waals surface area contributed by atoms with Crippen molar-refractivity contribution < 1.29 is 8.42 Å². The molecule has 0 heterocycles. The van der Waals surface area contributed by atoms with Gasteiger partial charge in [-0.1, -0.05) is 6.08 Å². The van der Waals surface area contributed by atoms with E-state index in [1.807, 2.05) is 0 Å². The van der Waals surface area contributed by atoms with E-state index >= 15 is 0 Å². The number of allylic oxidation sites excluding steroid dienone is 2. The molecule has 13 heavy (non-hydrogen) atoms. The zero-order valence-corrected chi connectivity index (χ0v) is 12.3. The molecule has 0 saturated heterocycles. The topological polar surface area (TPSA) is 34.1 Å². The molecule has 0 spiro atoms. The van der Waals surface area contributed by atoms with Crippen molar-refractivity contribution in [1.82, 2.24) is 0 Å². The first-order valence-corrected chi connectivity index (χ1v) is 7.72. The summed E-state index contributed by atoms with van der Waals surface area (Å²) in [5.41, 5.74) is 0. The molecule has 0 saturated carbocycles. The highest BCUT2D eigenvalue weighted by Gasteiger charge is 2.38. The fourth-order valence-corrected chi connectivity index (χ4v) is 4.12. The first-order valence-electron chi connectivity index (χ1n) is 3.86. The van der Waals surface area contributed by atoms with Gasteiger partial charge in [0.05, 0.1) is 0 Å². The molecule has 1 rings (SSSR count). The average molecular weight is 397 g/mol. The highest BCUT2D eigenvalue weighted by atomic mass is 80.0. The van der Waals surface area contributed by atoms with Gasteiger partial charge < -0.3 is 0 Å². The Morgan fingerprint density at radius 2 is 1.85 bits per heavy atom. The second-order valence-electron chi connectivity index (χ2n) is 2.87. The summed E-state index contributed by atoms with van der Waals surface area (Å²) in [5.74, 6) is 0. The van der Waals surface area contributed by atoms with Crippen molar-refractivity contribution in [2.75, 3.05) is 0 Å². The molecule has 0 aliphatic heterocycles. The highest BCUT2D eigenvalue weighted by molar-refractivity contribution is 9.42. The largest absolute Gasteiger partial charge is 0.239 e. The van der Waals surface area contributed by atoms with Crippen LogP contribution in [0.3, 0.4) is 0 Å². The summed E-state index contributed by atoms with van der Waals surface area (Å²) in [6, 6.07) is 0. The fourth-order valence-electron chi connectivity index (χ4n) is 1.20. The number of alkyl halides is 3. The zero-order valence-electron chi connectivity index (χ0n) is 6.76. The number of hydrogen-bond donors (Lipinski definition) is 0. The molecule has 6 heteroatoms. The molecule has 0 aromatic rings. The number of hydrogen-bond acceptors (Lipinski definition) is 2. The molecule has 0 aromatic carbocycles. The van der Waals surface area contributed by atoms with E-state index in [0.717, 1.165) is 19.3 Å². The van der Waals surface area contributed by atoms with Crippen LogP contribution >= 0.6 is 47.8 Å². The maximum absolute atomic E-state index is 11.8. The van der Waals surface area contributed by atoms with E-state index in [9.17, 15) is 8.42 Å². The predicted octanol–water partition coefficient (Wildman–Crippen LogP) is 3.66. The quantitative estimate of drug-likeness (QED) is 0.634. The van der Waals surface area contributed by atoms with Gasteiger partial charge in [-0.3, -0.25) is 0 Å². The van der Waals surface area contributed by atoms with Crippen LogP contribution in [0, 0.1) is 0 Å². The van der Waals surface area contributed by atoms with Gasteiger partial charge in [0.15, 0.2) is 0 Å². The van der Waals surface area contributed by atoms with Crippen LogP contribution in [-0.4, -0.2) is 9.89 Å². The van der Waals surface area contributed by atoms with E-state index in [1.165, 1.54) is 0 Å². The molecule has 0 unspecified atom stereocenters. The van der Waals surface area contributed by atoms with Crippen LogP contribution in [-0.2, 0) is 9.84 Å². The lowest BCUT2D eigenvalue weighted by molar-refractivity contribution is 0.597. The van der Waals surface area contributed by atoms with Crippen molar-refractivity contribution in [2.45, 2.75) is 27.2 Å². The molecule has 76 valence electrons. The lowest BCUT2D eigenvalue weighted by Crippen LogP contribution is -2.20. The van der Waals surface area contributed by atoms with E-state index < -0.39 is 11.3 Å². The van der Waals surface area contributed by atoms with E-state index in [0.29, 0.717) is 11.3 Å². The van der Waals surface area contributed by atoms with Crippen molar-refractivity contribution in [3.8, 4) is 0 Å². The van der Waals surface area contributed by atoms with Crippen LogP contribution in [0.25, 0.3) is 0 Å². The Bertz CT molecular complexity index is 313. The van der Waals surface area contributed by atoms with Crippen molar-refractivity contribution in [3.63, 3.8) is 0 Å². The monoisotopic (exact) mass is 394 g/mol. The fraction of sp³-hybridized carbons (Fsp3) is 0.714. The van der Waals surface area contributed by atoms with Gasteiger partial charge in [-0.25, -0.2) is 8.42 Å². The first kappa shape index (κ1) is 12.2. The Labute approximate surface area is 103 Å². The van der Waals surface area contributed by atoms with Crippen LogP contribution in [0.5, 0.6) is 0 Å². The van der Waals surface area contributed by atoms with Crippen LogP contribution < -0.4 is 0 Å². The van der Waals surface area contributed by atoms with Crippen LogP contribution in [0.15, 0.2) is 11.0 Å². The molecule has 0 bridgehead atoms. The zero-order chi connectivity index (χ0) is 10.1. The molecule has 0 N–H and O–H groups in total. The minimum absolute atomic E-state index is 0.518. The summed E-state index contributed by atoms with van der Waals surface area (Å²) in [4.78, 5) is 0.518. The van der Waals surface area contributed by atoms with Gasteiger partial charge in [-0.15, -0.1) is 0 Å². The third kappa shape index (κ3) is 2.79. The molecule has 0 aromatic heterocycles. The molecule has 1 aliphatic carbocycles. The Hall–Kier alpha value is 1.13. The average Bonchev–Trinajstić information content (AvgIpc) is 2.04. The molecule has 0 atom stereocenters. The van der Waals surface area contributed by atoms with E-state index in [4.69, 9.17) is 0 Å². The van der Waals surface area contributed by atoms with Gasteiger partial charge >= 0.3 is 0 Å². The first-order chi connectivity index (χ1) is 5.86. The molecular formula is C7H9Br3O2S. The van der Waals surface area contributed by atoms with Crippen molar-refractivity contribution in [1.29, 1.82) is 0 Å². The number of sulfone groups is 1. The Kier molecular flexibility index (Phi) is 4.06. The molecule has 0 amide bonds. The van der Waals surface area contributed by atoms with Gasteiger partial charge in [-0.05, 0) is 73.5 Å². The predicted molar refractivity (Wildman–Crippen MR) is 65.0 cm³/mol. The third-order valence-electron chi connectivity index (χ3n) is 1.90. The maximum Gasteiger partial charge on any atom is 0.239 e. The van der Waals surface area contributed by atoms with E-state index in [1.54, 1.807) is 6.08 Å². The number of halogens is 3. The summed E-state index contributed by atoms with van der Waals surface area (Å²) in [7, 11) is -3.29. The summed E-state index contributed by atoms with van der Waals surface area (Å²) in [5, 5.41) is 0. The molecule has 2 nitrogen and oxygen atoms in total. The van der Waals surface area contributed by atoms with E-state index in [-0.39, 0.29) is 0 Å². The molecule has 0 fully saturated rings. The summed E-state index contributed by atoms with van der Waals surface area (Å²) in [6.07, 6.45) is 5.34. The van der Waals surface area contributed by atoms with Crippen molar-refractivity contribution >= 4 is 57.6 Å². The minimum Gasteiger partial charge on any atom is -0.221 e. The lowest BCUT2D eigenvalue weighted by atomic mass is 10.1. The van der Waals surface area contributed by atoms with Gasteiger partial charge in [0, 0.05) is 4.91 Å². The summed E-state index contributed by atoms with van der Waals surface area (Å²) in [6.45, 7) is 0. The molecule has 0 radical (unpaired) electrons. The summed E-state index contributed by atoms with van der Waals surface area (Å²) >= 11 is 9.12. The van der Waals surface area contributed by atoms with Crippen molar-refractivity contribution in [2.24, 2.45) is 0 Å². The minimum atomic E-state index is -3.29. The van der Waals surface area contributed by atoms with Gasteiger partial charge in [-0.2, -0.15) is 0 Å². The third-order valence-corrected chi connectivity index (χ3v) is 7.41. The standard InChI is InChI=1S/C7H9Br3O2S/c8-7(9,10)13(11,12)6-4-2-1-3-5-6/h4H,1-3,5H2. The van der Waals surface area contributed by atoms with Crippen LogP contribution in [0.4, 0.5) is 0 Å². The smallest absolute Gasteiger partial charge is 0.221 e. The van der Waals surface area contributed by atoms with Gasteiger partial charge in [0.2, 0.25) is 11.3 Å². The summed E-state index contributed by atoms with van der Waals surface area (Å²) < 4.78 is 22.4. The van der Waals surface area contributed by atoms with Crippen LogP contribution in [0.2, 0.25) is 0 Å². The van der Waals surface area contributed by atoms with Crippen LogP contribution in [0.1, 0.15) is 25.7 Å². The van der Waals surface area contributed by atoms with Gasteiger partial charge in [0.1, 0.15) is 0 Å². The molecular weight excluding hydrogens is 388 g/mol. The lowest BCUT2D eigenvalue weighted by Gasteiger charge is -2.18. The normalized spacial score (nSPS) is 19.8. The van der Waals surface area contributed by atoms with Gasteiger partial charge in [0.25, 0.3) is 0 Å². The van der Waals surface area contributed by atoms with Crippen molar-refractivity contribution in [3.05, 3.63) is 11.0 Å². The Balaban J connectivity index is 3.00. The SMILES string of the molecule is O=S(=O)(C1=CCCCC1)C(Br)(Br)Br. The highest BCUT2D eigenvalue weighted by Crippen LogP contribution is 2.44. The second-order valence-corrected chi connectivity index (χ2v) is 13.3.